The minimum atomic E-state index is -0.244. The SMILES string of the molecule is CC(C)n1ncc2c(C(=O)Nc3cccc(-n4cnnn4)c3)cc(-c3ccccc3)nc21. The summed E-state index contributed by atoms with van der Waals surface area (Å²) in [5.74, 6) is -0.244. The van der Waals surface area contributed by atoms with Gasteiger partial charge in [0.1, 0.15) is 6.33 Å². The maximum absolute atomic E-state index is 13.4. The van der Waals surface area contributed by atoms with Crippen LogP contribution in [0.1, 0.15) is 30.2 Å². The van der Waals surface area contributed by atoms with Gasteiger partial charge in [-0.05, 0) is 48.5 Å². The summed E-state index contributed by atoms with van der Waals surface area (Å²) < 4.78 is 3.36. The summed E-state index contributed by atoms with van der Waals surface area (Å²) in [4.78, 5) is 18.2. The van der Waals surface area contributed by atoms with Crippen molar-refractivity contribution < 1.29 is 4.79 Å². The molecule has 0 aliphatic heterocycles. The molecule has 0 bridgehead atoms. The van der Waals surface area contributed by atoms with Gasteiger partial charge >= 0.3 is 0 Å². The second kappa shape index (κ2) is 8.03. The number of fused-ring (bicyclic) bond motifs is 1. The van der Waals surface area contributed by atoms with E-state index >= 15 is 0 Å². The van der Waals surface area contributed by atoms with Crippen LogP contribution < -0.4 is 5.32 Å². The van der Waals surface area contributed by atoms with Gasteiger partial charge in [0.25, 0.3) is 5.91 Å². The summed E-state index contributed by atoms with van der Waals surface area (Å²) in [6, 6.07) is 19.0. The first-order valence-electron chi connectivity index (χ1n) is 10.2. The lowest BCUT2D eigenvalue weighted by molar-refractivity contribution is 0.102. The van der Waals surface area contributed by atoms with Crippen molar-refractivity contribution in [1.29, 1.82) is 0 Å². The molecule has 158 valence electrons. The molecule has 0 aliphatic rings. The first kappa shape index (κ1) is 19.6. The Hall–Kier alpha value is -4.40. The van der Waals surface area contributed by atoms with Crippen molar-refractivity contribution in [3.8, 4) is 16.9 Å². The number of rotatable bonds is 5. The predicted octanol–water partition coefficient (Wildman–Crippen LogP) is 3.91. The standard InChI is InChI=1S/C23H20N8O/c1-15(2)31-22-20(13-25-31)19(12-21(27-22)16-7-4-3-5-8-16)23(32)26-17-9-6-10-18(11-17)30-14-24-28-29-30/h3-15H,1-2H3,(H,26,32). The number of aromatic nitrogens is 7. The van der Waals surface area contributed by atoms with Gasteiger partial charge in [0.15, 0.2) is 5.65 Å². The largest absolute Gasteiger partial charge is 0.322 e. The quantitative estimate of drug-likeness (QED) is 0.459. The smallest absolute Gasteiger partial charge is 0.256 e. The molecule has 1 amide bonds. The number of tetrazole rings is 1. The number of amides is 1. The maximum Gasteiger partial charge on any atom is 0.256 e. The van der Waals surface area contributed by atoms with Crippen molar-refractivity contribution in [3.63, 3.8) is 0 Å². The lowest BCUT2D eigenvalue weighted by Gasteiger charge is -2.11. The third-order valence-electron chi connectivity index (χ3n) is 5.09. The number of hydrogen-bond donors (Lipinski definition) is 1. The average molecular weight is 424 g/mol. The minimum Gasteiger partial charge on any atom is -0.322 e. The van der Waals surface area contributed by atoms with Crippen molar-refractivity contribution in [3.05, 3.63) is 78.8 Å². The molecule has 9 nitrogen and oxygen atoms in total. The zero-order valence-electron chi connectivity index (χ0n) is 17.5. The molecule has 3 heterocycles. The normalized spacial score (nSPS) is 11.2. The van der Waals surface area contributed by atoms with E-state index in [1.54, 1.807) is 6.20 Å². The molecular formula is C23H20N8O. The van der Waals surface area contributed by atoms with Crippen LogP contribution in [0.2, 0.25) is 0 Å². The van der Waals surface area contributed by atoms with Crippen LogP contribution in [-0.2, 0) is 0 Å². The molecule has 9 heteroatoms. The van der Waals surface area contributed by atoms with Gasteiger partial charge in [0.2, 0.25) is 0 Å². The van der Waals surface area contributed by atoms with Crippen LogP contribution in [0.3, 0.4) is 0 Å². The summed E-state index contributed by atoms with van der Waals surface area (Å²) in [7, 11) is 0. The summed E-state index contributed by atoms with van der Waals surface area (Å²) >= 11 is 0. The van der Waals surface area contributed by atoms with E-state index in [1.807, 2.05) is 79.2 Å². The highest BCUT2D eigenvalue weighted by molar-refractivity contribution is 6.12. The van der Waals surface area contributed by atoms with E-state index in [9.17, 15) is 4.79 Å². The lowest BCUT2D eigenvalue weighted by Crippen LogP contribution is -2.13. The van der Waals surface area contributed by atoms with E-state index in [0.29, 0.717) is 28.0 Å². The monoisotopic (exact) mass is 424 g/mol. The Bertz CT molecular complexity index is 1390. The van der Waals surface area contributed by atoms with Gasteiger partial charge in [-0.3, -0.25) is 4.79 Å². The van der Waals surface area contributed by atoms with Gasteiger partial charge < -0.3 is 5.32 Å². The summed E-state index contributed by atoms with van der Waals surface area (Å²) in [6.07, 6.45) is 3.20. The Morgan fingerprint density at radius 2 is 1.88 bits per heavy atom. The Labute approximate surface area is 183 Å². The third kappa shape index (κ3) is 3.60. The molecule has 32 heavy (non-hydrogen) atoms. The van der Waals surface area contributed by atoms with E-state index in [1.165, 1.54) is 11.0 Å². The molecule has 0 saturated carbocycles. The number of nitrogens with one attached hydrogen (secondary N) is 1. The van der Waals surface area contributed by atoms with Crippen LogP contribution in [0.15, 0.2) is 73.2 Å². The Morgan fingerprint density at radius 3 is 2.62 bits per heavy atom. The van der Waals surface area contributed by atoms with Crippen LogP contribution in [-0.4, -0.2) is 40.9 Å². The molecule has 0 fully saturated rings. The minimum absolute atomic E-state index is 0.106. The number of nitrogens with zero attached hydrogens (tertiary/aromatic N) is 7. The Kier molecular flexibility index (Phi) is 4.91. The highest BCUT2D eigenvalue weighted by Crippen LogP contribution is 2.27. The van der Waals surface area contributed by atoms with E-state index in [-0.39, 0.29) is 11.9 Å². The fraction of sp³-hybridized carbons (Fsp3) is 0.130. The average Bonchev–Trinajstić information content (AvgIpc) is 3.49. The van der Waals surface area contributed by atoms with Crippen molar-refractivity contribution in [2.24, 2.45) is 0 Å². The molecule has 5 aromatic rings. The first-order valence-corrected chi connectivity index (χ1v) is 10.2. The number of hydrogen-bond acceptors (Lipinski definition) is 6. The van der Waals surface area contributed by atoms with E-state index in [4.69, 9.17) is 4.98 Å². The van der Waals surface area contributed by atoms with Crippen LogP contribution in [0.25, 0.3) is 28.0 Å². The summed E-state index contributed by atoms with van der Waals surface area (Å²) in [5, 5.41) is 19.4. The molecule has 0 atom stereocenters. The highest BCUT2D eigenvalue weighted by Gasteiger charge is 2.19. The molecule has 0 saturated heterocycles. The second-order valence-corrected chi connectivity index (χ2v) is 7.60. The van der Waals surface area contributed by atoms with Gasteiger partial charge in [0.05, 0.1) is 28.5 Å². The van der Waals surface area contributed by atoms with Gasteiger partial charge in [-0.2, -0.15) is 5.10 Å². The lowest BCUT2D eigenvalue weighted by atomic mass is 10.1. The number of pyridine rings is 1. The molecule has 0 radical (unpaired) electrons. The summed E-state index contributed by atoms with van der Waals surface area (Å²) in [6.45, 7) is 4.07. The molecule has 0 aliphatic carbocycles. The third-order valence-corrected chi connectivity index (χ3v) is 5.09. The topological polar surface area (TPSA) is 103 Å². The molecule has 5 rings (SSSR count). The van der Waals surface area contributed by atoms with Gasteiger partial charge in [-0.25, -0.2) is 14.3 Å². The molecule has 0 unspecified atom stereocenters. The van der Waals surface area contributed by atoms with Crippen LogP contribution in [0.4, 0.5) is 5.69 Å². The molecular weight excluding hydrogens is 404 g/mol. The predicted molar refractivity (Wildman–Crippen MR) is 120 cm³/mol. The van der Waals surface area contributed by atoms with Crippen LogP contribution >= 0.6 is 0 Å². The van der Waals surface area contributed by atoms with Crippen LogP contribution in [0.5, 0.6) is 0 Å². The van der Waals surface area contributed by atoms with E-state index in [2.05, 4.69) is 25.9 Å². The number of carbonyl (C=O) groups excluding carboxylic acids is 1. The van der Waals surface area contributed by atoms with Crippen molar-refractivity contribution in [2.45, 2.75) is 19.9 Å². The zero-order chi connectivity index (χ0) is 22.1. The van der Waals surface area contributed by atoms with Gasteiger partial charge in [0, 0.05) is 17.3 Å². The number of carbonyl (C=O) groups is 1. The Balaban J connectivity index is 1.57. The van der Waals surface area contributed by atoms with E-state index < -0.39 is 0 Å². The molecule has 0 spiro atoms. The number of benzene rings is 2. The molecule has 1 N–H and O–H groups in total. The molecule has 2 aromatic carbocycles. The van der Waals surface area contributed by atoms with Gasteiger partial charge in [-0.1, -0.05) is 36.4 Å². The number of anilines is 1. The van der Waals surface area contributed by atoms with E-state index in [0.717, 1.165) is 11.3 Å². The highest BCUT2D eigenvalue weighted by atomic mass is 16.1. The van der Waals surface area contributed by atoms with Crippen molar-refractivity contribution in [1.82, 2.24) is 35.0 Å². The first-order chi connectivity index (χ1) is 15.6. The fourth-order valence-electron chi connectivity index (χ4n) is 3.54. The second-order valence-electron chi connectivity index (χ2n) is 7.60. The maximum atomic E-state index is 13.4. The Morgan fingerprint density at radius 1 is 1.03 bits per heavy atom. The van der Waals surface area contributed by atoms with Crippen LogP contribution in [0, 0.1) is 0 Å². The van der Waals surface area contributed by atoms with Crippen molar-refractivity contribution in [2.75, 3.05) is 5.32 Å². The fourth-order valence-corrected chi connectivity index (χ4v) is 3.54. The van der Waals surface area contributed by atoms with Gasteiger partial charge in [-0.15, -0.1) is 5.10 Å². The van der Waals surface area contributed by atoms with Crippen molar-refractivity contribution >= 4 is 22.6 Å². The molecule has 3 aromatic heterocycles. The zero-order valence-corrected chi connectivity index (χ0v) is 17.5. The summed E-state index contributed by atoms with van der Waals surface area (Å²) in [5.41, 5.74) is 4.20.